The summed E-state index contributed by atoms with van der Waals surface area (Å²) in [6.07, 6.45) is 5.08. The van der Waals surface area contributed by atoms with Crippen LogP contribution in [-0.4, -0.2) is 25.2 Å². The molecule has 4 heteroatoms. The molecular formula is C8H12N2O2. The van der Waals surface area contributed by atoms with E-state index in [0.29, 0.717) is 5.57 Å². The number of nitrogens with two attached hydrogens (primary N) is 2. The Morgan fingerprint density at radius 1 is 1.58 bits per heavy atom. The van der Waals surface area contributed by atoms with Crippen molar-refractivity contribution in [1.82, 2.24) is 0 Å². The molecular weight excluding hydrogens is 156 g/mol. The van der Waals surface area contributed by atoms with Gasteiger partial charge < -0.3 is 16.2 Å². The minimum Gasteiger partial charge on any atom is -0.466 e. The van der Waals surface area contributed by atoms with E-state index in [-0.39, 0.29) is 6.04 Å². The summed E-state index contributed by atoms with van der Waals surface area (Å²) in [6, 6.07) is -0.758. The van der Waals surface area contributed by atoms with Crippen molar-refractivity contribution >= 4 is 5.97 Å². The molecule has 0 saturated carbocycles. The second-order valence-corrected chi connectivity index (χ2v) is 2.60. The fraction of sp³-hybridized carbons (Fsp3) is 0.375. The number of hydrogen-bond acceptors (Lipinski definition) is 4. The molecule has 12 heavy (non-hydrogen) atoms. The SMILES string of the molecule is COC(=O)C1=CC=CC(N)C1N. The molecule has 0 aromatic rings. The first-order valence-electron chi connectivity index (χ1n) is 3.64. The van der Waals surface area contributed by atoms with Gasteiger partial charge in [-0.05, 0) is 0 Å². The lowest BCUT2D eigenvalue weighted by Gasteiger charge is -2.20. The molecule has 0 fully saturated rings. The molecule has 0 heterocycles. The zero-order valence-corrected chi connectivity index (χ0v) is 6.86. The Balaban J connectivity index is 2.82. The van der Waals surface area contributed by atoms with Crippen LogP contribution in [0.4, 0.5) is 0 Å². The molecule has 2 atom stereocenters. The molecule has 1 rings (SSSR count). The fourth-order valence-corrected chi connectivity index (χ4v) is 1.05. The van der Waals surface area contributed by atoms with E-state index in [4.69, 9.17) is 11.5 Å². The third-order valence-corrected chi connectivity index (χ3v) is 1.80. The van der Waals surface area contributed by atoms with E-state index < -0.39 is 12.0 Å². The predicted molar refractivity (Wildman–Crippen MR) is 45.2 cm³/mol. The molecule has 2 unspecified atom stereocenters. The number of allylic oxidation sites excluding steroid dienone is 2. The van der Waals surface area contributed by atoms with Crippen LogP contribution >= 0.6 is 0 Å². The third kappa shape index (κ3) is 1.54. The minimum absolute atomic E-state index is 0.302. The molecule has 0 aromatic carbocycles. The number of methoxy groups -OCH3 is 1. The smallest absolute Gasteiger partial charge is 0.335 e. The predicted octanol–water partition coefficient (Wildman–Crippen LogP) is -0.690. The Kier molecular flexibility index (Phi) is 2.62. The van der Waals surface area contributed by atoms with Crippen molar-refractivity contribution in [1.29, 1.82) is 0 Å². The van der Waals surface area contributed by atoms with E-state index in [9.17, 15) is 4.79 Å². The van der Waals surface area contributed by atoms with E-state index in [0.717, 1.165) is 0 Å². The molecule has 1 aliphatic carbocycles. The van der Waals surface area contributed by atoms with Crippen molar-refractivity contribution in [2.24, 2.45) is 11.5 Å². The largest absolute Gasteiger partial charge is 0.466 e. The fourth-order valence-electron chi connectivity index (χ4n) is 1.05. The molecule has 1 aliphatic rings. The van der Waals surface area contributed by atoms with Crippen molar-refractivity contribution in [2.45, 2.75) is 12.1 Å². The number of carbonyl (C=O) groups excluding carboxylic acids is 1. The summed E-state index contributed by atoms with van der Waals surface area (Å²) in [7, 11) is 1.32. The summed E-state index contributed by atoms with van der Waals surface area (Å²) in [5, 5.41) is 0. The maximum Gasteiger partial charge on any atom is 0.335 e. The molecule has 0 aliphatic heterocycles. The van der Waals surface area contributed by atoms with E-state index >= 15 is 0 Å². The maximum absolute atomic E-state index is 11.1. The van der Waals surface area contributed by atoms with Crippen LogP contribution in [0.15, 0.2) is 23.8 Å². The number of hydrogen-bond donors (Lipinski definition) is 2. The van der Waals surface area contributed by atoms with Gasteiger partial charge >= 0.3 is 5.97 Å². The van der Waals surface area contributed by atoms with Gasteiger partial charge in [0.05, 0.1) is 18.7 Å². The highest BCUT2D eigenvalue weighted by Crippen LogP contribution is 2.11. The van der Waals surface area contributed by atoms with Crippen molar-refractivity contribution in [3.8, 4) is 0 Å². The molecule has 0 spiro atoms. The standard InChI is InChI=1S/C8H12N2O2/c1-12-8(11)5-3-2-4-6(9)7(5)10/h2-4,6-7H,9-10H2,1H3. The summed E-state index contributed by atoms with van der Waals surface area (Å²) < 4.78 is 4.53. The van der Waals surface area contributed by atoms with Crippen molar-refractivity contribution in [2.75, 3.05) is 7.11 Å². The Morgan fingerprint density at radius 3 is 2.83 bits per heavy atom. The lowest BCUT2D eigenvalue weighted by Crippen LogP contribution is -2.44. The van der Waals surface area contributed by atoms with Gasteiger partial charge in [-0.15, -0.1) is 0 Å². The van der Waals surface area contributed by atoms with Gasteiger partial charge in [0.25, 0.3) is 0 Å². The molecule has 0 radical (unpaired) electrons. The van der Waals surface area contributed by atoms with Crippen LogP contribution in [0.1, 0.15) is 0 Å². The van der Waals surface area contributed by atoms with Gasteiger partial charge in [0.2, 0.25) is 0 Å². The first-order valence-corrected chi connectivity index (χ1v) is 3.64. The van der Waals surface area contributed by atoms with Gasteiger partial charge in [-0.1, -0.05) is 18.2 Å². The average molecular weight is 168 g/mol. The normalized spacial score (nSPS) is 28.1. The van der Waals surface area contributed by atoms with Crippen LogP contribution < -0.4 is 11.5 Å². The number of rotatable bonds is 1. The lowest BCUT2D eigenvalue weighted by molar-refractivity contribution is -0.136. The summed E-state index contributed by atoms with van der Waals surface area (Å²) in [4.78, 5) is 11.1. The lowest BCUT2D eigenvalue weighted by atomic mass is 9.96. The number of carbonyl (C=O) groups is 1. The Bertz CT molecular complexity index is 245. The van der Waals surface area contributed by atoms with E-state index in [1.165, 1.54) is 7.11 Å². The molecule has 4 nitrogen and oxygen atoms in total. The van der Waals surface area contributed by atoms with Crippen molar-refractivity contribution in [3.05, 3.63) is 23.8 Å². The van der Waals surface area contributed by atoms with Gasteiger partial charge in [-0.25, -0.2) is 4.79 Å². The zero-order valence-electron chi connectivity index (χ0n) is 6.86. The Labute approximate surface area is 70.9 Å². The summed E-state index contributed by atoms with van der Waals surface area (Å²) >= 11 is 0. The Hall–Kier alpha value is -1.13. The minimum atomic E-state index is -0.456. The summed E-state index contributed by atoms with van der Waals surface area (Å²) in [6.45, 7) is 0. The highest BCUT2D eigenvalue weighted by Gasteiger charge is 2.23. The van der Waals surface area contributed by atoms with Crippen molar-refractivity contribution in [3.63, 3.8) is 0 Å². The van der Waals surface area contributed by atoms with Crippen LogP contribution in [0.5, 0.6) is 0 Å². The number of ether oxygens (including phenoxy) is 1. The van der Waals surface area contributed by atoms with Gasteiger partial charge in [0.15, 0.2) is 0 Å². The summed E-state index contributed by atoms with van der Waals surface area (Å²) in [5.41, 5.74) is 11.7. The number of esters is 1. The van der Waals surface area contributed by atoms with Crippen LogP contribution in [0.2, 0.25) is 0 Å². The quantitative estimate of drug-likeness (QED) is 0.508. The molecule has 0 saturated heterocycles. The van der Waals surface area contributed by atoms with Gasteiger partial charge in [-0.3, -0.25) is 0 Å². The maximum atomic E-state index is 11.1. The van der Waals surface area contributed by atoms with Gasteiger partial charge in [0, 0.05) is 6.04 Å². The van der Waals surface area contributed by atoms with E-state index in [1.807, 2.05) is 0 Å². The van der Waals surface area contributed by atoms with Crippen LogP contribution in [0.25, 0.3) is 0 Å². The van der Waals surface area contributed by atoms with Crippen LogP contribution in [-0.2, 0) is 9.53 Å². The van der Waals surface area contributed by atoms with E-state index in [2.05, 4.69) is 4.74 Å². The van der Waals surface area contributed by atoms with Gasteiger partial charge in [-0.2, -0.15) is 0 Å². The third-order valence-electron chi connectivity index (χ3n) is 1.80. The van der Waals surface area contributed by atoms with Crippen LogP contribution in [0, 0.1) is 0 Å². The molecule has 0 amide bonds. The first kappa shape index (κ1) is 8.96. The second-order valence-electron chi connectivity index (χ2n) is 2.60. The highest BCUT2D eigenvalue weighted by atomic mass is 16.5. The van der Waals surface area contributed by atoms with Crippen LogP contribution in [0.3, 0.4) is 0 Å². The highest BCUT2D eigenvalue weighted by molar-refractivity contribution is 5.90. The second kappa shape index (κ2) is 3.51. The van der Waals surface area contributed by atoms with E-state index in [1.54, 1.807) is 18.2 Å². The molecule has 0 aromatic heterocycles. The summed E-state index contributed by atoms with van der Waals surface area (Å²) in [5.74, 6) is -0.415. The monoisotopic (exact) mass is 168 g/mol. The first-order chi connectivity index (χ1) is 5.66. The topological polar surface area (TPSA) is 78.3 Å². The molecule has 66 valence electrons. The average Bonchev–Trinajstić information content (AvgIpc) is 2.08. The molecule has 4 N–H and O–H groups in total. The zero-order chi connectivity index (χ0) is 9.14. The van der Waals surface area contributed by atoms with Crippen molar-refractivity contribution < 1.29 is 9.53 Å². The Morgan fingerprint density at radius 2 is 2.25 bits per heavy atom. The molecule has 0 bridgehead atoms. The van der Waals surface area contributed by atoms with Gasteiger partial charge in [0.1, 0.15) is 0 Å².